The first-order valence-electron chi connectivity index (χ1n) is 13.5. The van der Waals surface area contributed by atoms with Crippen molar-refractivity contribution in [3.8, 4) is 17.3 Å². The molecule has 1 atom stereocenters. The Morgan fingerprint density at radius 2 is 1.95 bits per heavy atom. The number of β-amino-alcohol motifs (C(OH)–C–C–N with tert-alkyl or cyclic N) is 1. The number of aromatic nitrogens is 4. The number of nitriles is 1. The number of anilines is 3. The van der Waals surface area contributed by atoms with Gasteiger partial charge >= 0.3 is 0 Å². The second-order valence-electron chi connectivity index (χ2n) is 10.4. The van der Waals surface area contributed by atoms with Crippen LogP contribution < -0.4 is 9.80 Å². The summed E-state index contributed by atoms with van der Waals surface area (Å²) in [6, 6.07) is 9.86. The van der Waals surface area contributed by atoms with E-state index in [1.165, 1.54) is 11.3 Å². The molecule has 2 aliphatic heterocycles. The predicted octanol–water partition coefficient (Wildman–Crippen LogP) is 3.48. The van der Waals surface area contributed by atoms with Gasteiger partial charge in [-0.25, -0.2) is 9.97 Å². The van der Waals surface area contributed by atoms with Gasteiger partial charge in [-0.1, -0.05) is 53.3 Å². The number of carbonyl (C=O) groups excluding carboxylic acids is 1. The molecule has 0 radical (unpaired) electrons. The molecule has 2 aliphatic rings. The van der Waals surface area contributed by atoms with Crippen molar-refractivity contribution in [3.05, 3.63) is 39.9 Å². The van der Waals surface area contributed by atoms with Gasteiger partial charge in [0.1, 0.15) is 16.6 Å². The largest absolute Gasteiger partial charge is 0.389 e. The number of aliphatic hydroxyl groups excluding tert-OH is 1. The fourth-order valence-electron chi connectivity index (χ4n) is 5.27. The molecule has 6 rings (SSSR count). The van der Waals surface area contributed by atoms with Crippen LogP contribution in [0.15, 0.2) is 24.3 Å². The van der Waals surface area contributed by atoms with Crippen LogP contribution in [0, 0.1) is 11.3 Å². The molecular formula is C27H30ClN9O2S2. The summed E-state index contributed by atoms with van der Waals surface area (Å²) in [5.74, 6) is 0.894. The Morgan fingerprint density at radius 3 is 2.63 bits per heavy atom. The molecule has 0 bridgehead atoms. The molecule has 11 nitrogen and oxygen atoms in total. The number of hydrogen-bond acceptors (Lipinski definition) is 11. The van der Waals surface area contributed by atoms with Gasteiger partial charge in [0.15, 0.2) is 10.9 Å². The Labute approximate surface area is 250 Å². The van der Waals surface area contributed by atoms with Crippen LogP contribution in [0.2, 0.25) is 5.02 Å². The molecule has 0 saturated carbocycles. The lowest BCUT2D eigenvalue weighted by atomic mass is 10.1. The standard InChI is InChI=1S/C27H30ClN9O2S2/c1-4-20-24(34(3)25-31-23(21(11-29)40-25)16-5-7-17(28)8-6-16)37-26(30-20)41-27(32-37)35-10-9-18(12-35)33(2)15-22(39)36-13-19(38)14-36/h5-8,18-19,38H,4,9-10,12-15H2,1-3H3. The summed E-state index contributed by atoms with van der Waals surface area (Å²) in [7, 11) is 3.92. The van der Waals surface area contributed by atoms with Crippen molar-refractivity contribution in [2.45, 2.75) is 31.9 Å². The van der Waals surface area contributed by atoms with Crippen LogP contribution in [0.5, 0.6) is 0 Å². The first-order valence-corrected chi connectivity index (χ1v) is 15.5. The molecule has 5 heterocycles. The molecule has 1 unspecified atom stereocenters. The second-order valence-corrected chi connectivity index (χ2v) is 12.8. The van der Waals surface area contributed by atoms with Gasteiger partial charge < -0.3 is 19.8 Å². The number of rotatable bonds is 8. The molecular weight excluding hydrogens is 582 g/mol. The van der Waals surface area contributed by atoms with E-state index in [1.54, 1.807) is 28.4 Å². The number of nitrogens with zero attached hydrogens (tertiary/aromatic N) is 9. The highest BCUT2D eigenvalue weighted by Gasteiger charge is 2.33. The van der Waals surface area contributed by atoms with Crippen LogP contribution in [0.25, 0.3) is 16.2 Å². The van der Waals surface area contributed by atoms with Crippen molar-refractivity contribution in [2.24, 2.45) is 0 Å². The zero-order valence-electron chi connectivity index (χ0n) is 23.0. The van der Waals surface area contributed by atoms with Gasteiger partial charge in [0.05, 0.1) is 18.3 Å². The number of halogens is 1. The quantitative estimate of drug-likeness (QED) is 0.319. The van der Waals surface area contributed by atoms with Crippen molar-refractivity contribution in [1.29, 1.82) is 5.26 Å². The Bertz CT molecular complexity index is 1620. The minimum Gasteiger partial charge on any atom is -0.389 e. The zero-order valence-corrected chi connectivity index (χ0v) is 25.4. The number of likely N-dealkylation sites (N-methyl/N-ethyl adjacent to an activating group) is 1. The molecule has 3 aromatic heterocycles. The monoisotopic (exact) mass is 611 g/mol. The smallest absolute Gasteiger partial charge is 0.236 e. The molecule has 4 aromatic rings. The van der Waals surface area contributed by atoms with Crippen LogP contribution >= 0.6 is 34.3 Å². The first kappa shape index (κ1) is 27.9. The Hall–Kier alpha value is -3.28. The predicted molar refractivity (Wildman–Crippen MR) is 161 cm³/mol. The minimum atomic E-state index is -0.387. The fourth-order valence-corrected chi connectivity index (χ4v) is 7.19. The number of amides is 1. The first-order chi connectivity index (χ1) is 19.7. The Balaban J connectivity index is 1.22. The van der Waals surface area contributed by atoms with Crippen molar-refractivity contribution in [3.63, 3.8) is 0 Å². The number of aliphatic hydroxyl groups is 1. The summed E-state index contributed by atoms with van der Waals surface area (Å²) < 4.78 is 1.88. The average molecular weight is 612 g/mol. The normalized spacial score (nSPS) is 17.4. The number of hydrogen-bond donors (Lipinski definition) is 1. The number of fused-ring (bicyclic) bond motifs is 1. The van der Waals surface area contributed by atoms with E-state index in [4.69, 9.17) is 26.7 Å². The minimum absolute atomic E-state index is 0.0599. The van der Waals surface area contributed by atoms with Crippen LogP contribution in [-0.4, -0.2) is 99.4 Å². The highest BCUT2D eigenvalue weighted by atomic mass is 35.5. The Morgan fingerprint density at radius 1 is 1.20 bits per heavy atom. The van der Waals surface area contributed by atoms with E-state index < -0.39 is 0 Å². The lowest BCUT2D eigenvalue weighted by Gasteiger charge is -2.37. The van der Waals surface area contributed by atoms with Crippen molar-refractivity contribution in [2.75, 3.05) is 56.6 Å². The molecule has 1 amide bonds. The molecule has 2 fully saturated rings. The number of thiazole rings is 1. The average Bonchev–Trinajstić information content (AvgIpc) is 3.73. The summed E-state index contributed by atoms with van der Waals surface area (Å²) in [4.78, 5) is 31.6. The molecule has 214 valence electrons. The van der Waals surface area contributed by atoms with Gasteiger partial charge in [0.25, 0.3) is 0 Å². The molecule has 0 spiro atoms. The lowest BCUT2D eigenvalue weighted by Crippen LogP contribution is -2.56. The second kappa shape index (κ2) is 11.2. The van der Waals surface area contributed by atoms with E-state index in [2.05, 4.69) is 22.8 Å². The van der Waals surface area contributed by atoms with E-state index in [1.807, 2.05) is 35.6 Å². The van der Waals surface area contributed by atoms with Gasteiger partial charge in [-0.2, -0.15) is 9.78 Å². The van der Waals surface area contributed by atoms with E-state index >= 15 is 0 Å². The molecule has 41 heavy (non-hydrogen) atoms. The van der Waals surface area contributed by atoms with E-state index in [-0.39, 0.29) is 18.1 Å². The van der Waals surface area contributed by atoms with E-state index in [9.17, 15) is 15.2 Å². The van der Waals surface area contributed by atoms with Gasteiger partial charge in [0, 0.05) is 49.9 Å². The van der Waals surface area contributed by atoms with Crippen molar-refractivity contribution < 1.29 is 9.90 Å². The maximum absolute atomic E-state index is 12.5. The number of aryl methyl sites for hydroxylation is 1. The summed E-state index contributed by atoms with van der Waals surface area (Å²) >= 11 is 8.95. The molecule has 2 saturated heterocycles. The van der Waals surface area contributed by atoms with Crippen molar-refractivity contribution in [1.82, 2.24) is 29.4 Å². The highest BCUT2D eigenvalue weighted by molar-refractivity contribution is 7.20. The fraction of sp³-hybridized carbons (Fsp3) is 0.444. The molecule has 0 aliphatic carbocycles. The maximum atomic E-state index is 12.5. The maximum Gasteiger partial charge on any atom is 0.236 e. The van der Waals surface area contributed by atoms with Gasteiger partial charge in [-0.05, 0) is 32.0 Å². The van der Waals surface area contributed by atoms with Crippen molar-refractivity contribution >= 4 is 61.2 Å². The van der Waals surface area contributed by atoms with Crippen LogP contribution in [0.1, 0.15) is 23.9 Å². The van der Waals surface area contributed by atoms with Gasteiger partial charge in [-0.3, -0.25) is 9.69 Å². The van der Waals surface area contributed by atoms with Crippen LogP contribution in [0.4, 0.5) is 16.1 Å². The van der Waals surface area contributed by atoms with E-state index in [0.29, 0.717) is 40.4 Å². The lowest BCUT2D eigenvalue weighted by molar-refractivity contribution is -0.142. The van der Waals surface area contributed by atoms with Crippen LogP contribution in [0.3, 0.4) is 0 Å². The number of carbonyl (C=O) groups is 1. The van der Waals surface area contributed by atoms with Gasteiger partial charge in [-0.15, -0.1) is 5.10 Å². The molecule has 1 aromatic carbocycles. The third kappa shape index (κ3) is 5.26. The summed E-state index contributed by atoms with van der Waals surface area (Å²) in [6.07, 6.45) is 1.27. The highest BCUT2D eigenvalue weighted by Crippen LogP contribution is 2.38. The Kier molecular flexibility index (Phi) is 7.60. The van der Waals surface area contributed by atoms with Crippen LogP contribution in [-0.2, 0) is 11.2 Å². The summed E-state index contributed by atoms with van der Waals surface area (Å²) in [6.45, 7) is 4.89. The molecule has 14 heteroatoms. The number of imidazole rings is 1. The van der Waals surface area contributed by atoms with Gasteiger partial charge in [0.2, 0.25) is 16.0 Å². The summed E-state index contributed by atoms with van der Waals surface area (Å²) in [5.41, 5.74) is 2.38. The third-order valence-corrected chi connectivity index (χ3v) is 9.93. The third-order valence-electron chi connectivity index (χ3n) is 7.67. The number of benzene rings is 1. The molecule has 1 N–H and O–H groups in total. The van der Waals surface area contributed by atoms with E-state index in [0.717, 1.165) is 53.1 Å². The SMILES string of the molecule is CCc1nc2sc(N3CCC(N(C)CC(=O)N4CC(O)C4)C3)nn2c1N(C)c1nc(-c2ccc(Cl)cc2)c(C#N)s1. The topological polar surface area (TPSA) is 117 Å². The summed E-state index contributed by atoms with van der Waals surface area (Å²) in [5, 5.41) is 26.5. The zero-order chi connectivity index (χ0) is 28.8. The number of likely N-dealkylation sites (tertiary alicyclic amines) is 1.